The van der Waals surface area contributed by atoms with Crippen molar-refractivity contribution in [3.63, 3.8) is 0 Å². The summed E-state index contributed by atoms with van der Waals surface area (Å²) in [6.07, 6.45) is -0.0641. The van der Waals surface area contributed by atoms with Crippen LogP contribution in [0, 0.1) is 0 Å². The summed E-state index contributed by atoms with van der Waals surface area (Å²) in [6.45, 7) is 10.8. The average molecular weight is 351 g/mol. The van der Waals surface area contributed by atoms with E-state index in [-0.39, 0.29) is 13.5 Å². The Morgan fingerprint density at radius 2 is 1.76 bits per heavy atom. The molecule has 2 rings (SSSR count). The number of rotatable bonds is 3. The lowest BCUT2D eigenvalue weighted by atomic mass is 9.38. The topological polar surface area (TPSA) is 102 Å². The summed E-state index contributed by atoms with van der Waals surface area (Å²) >= 11 is 0. The summed E-state index contributed by atoms with van der Waals surface area (Å²) in [5, 5.41) is 19.2. The molecule has 1 fully saturated rings. The number of aliphatic hydroxyl groups is 2. The number of hydrogen-bond donors (Lipinski definition) is 3. The van der Waals surface area contributed by atoms with Gasteiger partial charge in [-0.3, -0.25) is 0 Å². The molecule has 1 unspecified atom stereocenters. The first kappa shape index (κ1) is 21.5. The van der Waals surface area contributed by atoms with Crippen LogP contribution in [-0.4, -0.2) is 46.5 Å². The van der Waals surface area contributed by atoms with E-state index in [2.05, 4.69) is 4.74 Å². The van der Waals surface area contributed by atoms with Crippen LogP contribution in [0.1, 0.15) is 47.1 Å². The van der Waals surface area contributed by atoms with Gasteiger partial charge in [0.05, 0.1) is 11.1 Å². The molecule has 1 aliphatic rings. The van der Waals surface area contributed by atoms with Gasteiger partial charge in [-0.05, 0) is 59.0 Å². The predicted octanol–water partition coefficient (Wildman–Crippen LogP) is 1.40. The molecule has 1 aliphatic heterocycles. The fourth-order valence-electron chi connectivity index (χ4n) is 2.47. The Bertz CT molecular complexity index is 578. The van der Waals surface area contributed by atoms with Crippen molar-refractivity contribution in [2.75, 3.05) is 6.61 Å². The van der Waals surface area contributed by atoms with Gasteiger partial charge in [-0.15, -0.1) is 0 Å². The Labute approximate surface area is 150 Å². The molecule has 0 saturated carbocycles. The summed E-state index contributed by atoms with van der Waals surface area (Å²) in [6, 6.07) is 7.85. The summed E-state index contributed by atoms with van der Waals surface area (Å²) in [5.74, 6) is 0. The van der Waals surface area contributed by atoms with E-state index in [1.165, 1.54) is 0 Å². The number of carbonyl (C=O) groups excluding carboxylic acids is 1. The number of ether oxygens (including phenoxy) is 1. The van der Waals surface area contributed by atoms with Gasteiger partial charge in [-0.1, -0.05) is 24.3 Å². The van der Waals surface area contributed by atoms with E-state index in [0.717, 1.165) is 11.0 Å². The number of aliphatic hydroxyl groups excluding tert-OH is 1. The van der Waals surface area contributed by atoms with Crippen LogP contribution in [0.15, 0.2) is 24.3 Å². The number of amides is 1. The van der Waals surface area contributed by atoms with Gasteiger partial charge in [-0.25, -0.2) is 4.79 Å². The van der Waals surface area contributed by atoms with Gasteiger partial charge in [0.1, 0.15) is 5.60 Å². The molecule has 0 bridgehead atoms. The first-order valence-electron chi connectivity index (χ1n) is 8.38. The second-order valence-electron chi connectivity index (χ2n) is 7.90. The Morgan fingerprint density at radius 1 is 1.24 bits per heavy atom. The fraction of sp³-hybridized carbons (Fsp3) is 0.611. The number of primary amides is 1. The van der Waals surface area contributed by atoms with E-state index >= 15 is 0 Å². The van der Waals surface area contributed by atoms with Gasteiger partial charge >= 0.3 is 13.0 Å². The van der Waals surface area contributed by atoms with E-state index in [9.17, 15) is 9.90 Å². The monoisotopic (exact) mass is 351 g/mol. The third kappa shape index (κ3) is 5.73. The van der Waals surface area contributed by atoms with Crippen molar-refractivity contribution in [3.8, 4) is 0 Å². The quantitative estimate of drug-likeness (QED) is 0.715. The van der Waals surface area contributed by atoms with Crippen molar-refractivity contribution < 1.29 is 24.4 Å². The molecule has 140 valence electrons. The molecule has 6 nitrogen and oxygen atoms in total. The largest absolute Gasteiger partial charge is 0.444 e. The van der Waals surface area contributed by atoms with Crippen molar-refractivity contribution >= 4 is 18.5 Å². The third-order valence-corrected chi connectivity index (χ3v) is 4.23. The number of benzene rings is 1. The first-order chi connectivity index (χ1) is 11.3. The van der Waals surface area contributed by atoms with Crippen LogP contribution in [0.4, 0.5) is 4.79 Å². The summed E-state index contributed by atoms with van der Waals surface area (Å²) < 4.78 is 10.3. The van der Waals surface area contributed by atoms with Crippen molar-refractivity contribution in [2.45, 2.75) is 64.7 Å². The zero-order chi connectivity index (χ0) is 19.5. The highest BCUT2D eigenvalue weighted by molar-refractivity contribution is 6.72. The number of nitrogens with two attached hydrogens (primary N) is 1. The minimum atomic E-state index is -0.842. The van der Waals surface area contributed by atoms with Gasteiger partial charge in [0.25, 0.3) is 0 Å². The minimum Gasteiger partial charge on any atom is -0.444 e. The molecule has 0 spiro atoms. The highest BCUT2D eigenvalue weighted by Gasteiger charge is 2.61. The molecule has 25 heavy (non-hydrogen) atoms. The Balaban J connectivity index is 0.000000333. The molecule has 0 aliphatic carbocycles. The van der Waals surface area contributed by atoms with Crippen LogP contribution in [-0.2, 0) is 15.8 Å². The van der Waals surface area contributed by atoms with Crippen molar-refractivity contribution in [1.29, 1.82) is 0 Å². The van der Waals surface area contributed by atoms with E-state index in [0.29, 0.717) is 6.42 Å². The minimum absolute atomic E-state index is 0.157. The normalized spacial score (nSPS) is 21.7. The molecular weight excluding hydrogens is 321 g/mol. The first-order valence-corrected chi connectivity index (χ1v) is 8.38. The highest BCUT2D eigenvalue weighted by atomic mass is 16.6. The average Bonchev–Trinajstić information content (AvgIpc) is 2.44. The molecular formula is C18H30BNO5. The molecule has 0 radical (unpaired) electrons. The Hall–Kier alpha value is -1.57. The molecule has 4 N–H and O–H groups in total. The molecule has 1 aromatic carbocycles. The van der Waals surface area contributed by atoms with Crippen LogP contribution < -0.4 is 11.2 Å². The van der Waals surface area contributed by atoms with Gasteiger partial charge < -0.3 is 25.3 Å². The molecule has 1 amide bonds. The summed E-state index contributed by atoms with van der Waals surface area (Å²) in [7, 11) is 0. The molecule has 1 atom stereocenters. The molecule has 1 aromatic rings. The zero-order valence-electron chi connectivity index (χ0n) is 16.0. The van der Waals surface area contributed by atoms with E-state index in [1.807, 2.05) is 45.0 Å². The number of hydrogen-bond acceptors (Lipinski definition) is 5. The van der Waals surface area contributed by atoms with Crippen molar-refractivity contribution in [1.82, 2.24) is 0 Å². The van der Waals surface area contributed by atoms with Crippen molar-refractivity contribution in [3.05, 3.63) is 29.8 Å². The van der Waals surface area contributed by atoms with Gasteiger partial charge in [0.2, 0.25) is 0 Å². The number of carbonyl (C=O) groups is 1. The maximum atomic E-state index is 10.4. The standard InChI is InChI=1S/C13H19BO3.C5H11NO2/c1-12(2)13(3,16)14(17-12)11-6-4-10(5-7-11)8-9-15;1-5(2,3)8-4(6)7/h4-7,15-16H,8-9H2,1-3H3;1-3H3,(H2,6,7). The smallest absolute Gasteiger partial charge is 0.405 e. The SMILES string of the molecule is CC(C)(C)OC(N)=O.CC1(C)OB(c2ccc(CCO)cc2)C1(C)O. The lowest BCUT2D eigenvalue weighted by molar-refractivity contribution is -0.126. The maximum Gasteiger partial charge on any atom is 0.405 e. The van der Waals surface area contributed by atoms with Crippen LogP contribution in [0.5, 0.6) is 0 Å². The van der Waals surface area contributed by atoms with E-state index < -0.39 is 22.8 Å². The summed E-state index contributed by atoms with van der Waals surface area (Å²) in [5.41, 5.74) is 5.00. The maximum absolute atomic E-state index is 10.4. The second kappa shape index (κ2) is 7.76. The van der Waals surface area contributed by atoms with E-state index in [4.69, 9.17) is 15.5 Å². The molecule has 7 heteroatoms. The lowest BCUT2D eigenvalue weighted by Crippen LogP contribution is -2.77. The molecule has 0 aromatic heterocycles. The van der Waals surface area contributed by atoms with Crippen LogP contribution in [0.3, 0.4) is 0 Å². The fourth-order valence-corrected chi connectivity index (χ4v) is 2.47. The zero-order valence-corrected chi connectivity index (χ0v) is 16.0. The van der Waals surface area contributed by atoms with Gasteiger partial charge in [-0.2, -0.15) is 0 Å². The van der Waals surface area contributed by atoms with Crippen LogP contribution in [0.25, 0.3) is 0 Å². The lowest BCUT2D eigenvalue weighted by Gasteiger charge is -2.55. The summed E-state index contributed by atoms with van der Waals surface area (Å²) in [4.78, 5) is 10.0. The van der Waals surface area contributed by atoms with E-state index in [1.54, 1.807) is 20.8 Å². The van der Waals surface area contributed by atoms with Crippen molar-refractivity contribution in [2.24, 2.45) is 5.73 Å². The predicted molar refractivity (Wildman–Crippen MR) is 98.8 cm³/mol. The Morgan fingerprint density at radius 3 is 2.04 bits per heavy atom. The van der Waals surface area contributed by atoms with Gasteiger partial charge in [0, 0.05) is 6.61 Å². The molecule has 1 heterocycles. The highest BCUT2D eigenvalue weighted by Crippen LogP contribution is 2.39. The van der Waals surface area contributed by atoms with Crippen LogP contribution >= 0.6 is 0 Å². The van der Waals surface area contributed by atoms with Gasteiger partial charge in [0.15, 0.2) is 0 Å². The van der Waals surface area contributed by atoms with Crippen LogP contribution in [0.2, 0.25) is 0 Å². The third-order valence-electron chi connectivity index (χ3n) is 4.23. The second-order valence-corrected chi connectivity index (χ2v) is 7.90. The Kier molecular flexibility index (Phi) is 6.67. The molecule has 1 saturated heterocycles.